The largest absolute Gasteiger partial charge is 0.393 e. The summed E-state index contributed by atoms with van der Waals surface area (Å²) in [6, 6.07) is 0. The van der Waals surface area contributed by atoms with E-state index in [4.69, 9.17) is 0 Å². The number of carbonyl (C=O) groups is 1. The topological polar surface area (TPSA) is 40.5 Å². The molecular formula is C12H21NO2. The van der Waals surface area contributed by atoms with Crippen LogP contribution in [0.25, 0.3) is 0 Å². The number of rotatable bonds is 3. The van der Waals surface area contributed by atoms with Crippen molar-refractivity contribution in [2.45, 2.75) is 44.6 Å². The van der Waals surface area contributed by atoms with E-state index in [9.17, 15) is 9.90 Å². The van der Waals surface area contributed by atoms with Gasteiger partial charge < -0.3 is 10.0 Å². The maximum atomic E-state index is 12.0. The molecule has 0 bridgehead atoms. The van der Waals surface area contributed by atoms with Crippen molar-refractivity contribution in [3.8, 4) is 0 Å². The molecule has 0 aliphatic heterocycles. The zero-order valence-corrected chi connectivity index (χ0v) is 9.48. The van der Waals surface area contributed by atoms with Crippen LogP contribution in [0.4, 0.5) is 0 Å². The highest BCUT2D eigenvalue weighted by Gasteiger charge is 2.31. The first kappa shape index (κ1) is 10.9. The zero-order chi connectivity index (χ0) is 10.8. The molecule has 86 valence electrons. The van der Waals surface area contributed by atoms with E-state index in [1.807, 2.05) is 11.9 Å². The molecule has 0 aromatic rings. The molecule has 2 rings (SSSR count). The average Bonchev–Trinajstić information content (AvgIpc) is 2.66. The third-order valence-electron chi connectivity index (χ3n) is 3.82. The molecule has 0 spiro atoms. The summed E-state index contributed by atoms with van der Waals surface area (Å²) in [4.78, 5) is 13.8. The maximum Gasteiger partial charge on any atom is 0.225 e. The Labute approximate surface area is 91.5 Å². The van der Waals surface area contributed by atoms with Crippen molar-refractivity contribution in [2.75, 3.05) is 13.6 Å². The standard InChI is InChI=1S/C12H21NO2/c1-13(8-9-6-11(14)7-9)12(15)10-4-2-3-5-10/h9-11,14H,2-8H2,1H3. The predicted octanol–water partition coefficient (Wildman–Crippen LogP) is 1.41. The SMILES string of the molecule is CN(CC1CC(O)C1)C(=O)C1CCCC1. The number of carbonyl (C=O) groups excluding carboxylic acids is 1. The summed E-state index contributed by atoms with van der Waals surface area (Å²) in [5.74, 6) is 1.16. The van der Waals surface area contributed by atoms with Crippen LogP contribution >= 0.6 is 0 Å². The molecule has 0 aromatic heterocycles. The second-order valence-corrected chi connectivity index (χ2v) is 5.19. The fourth-order valence-electron chi connectivity index (χ4n) is 2.81. The summed E-state index contributed by atoms with van der Waals surface area (Å²) in [5.41, 5.74) is 0. The van der Waals surface area contributed by atoms with Crippen molar-refractivity contribution in [1.82, 2.24) is 4.90 Å². The summed E-state index contributed by atoms with van der Waals surface area (Å²) >= 11 is 0. The smallest absolute Gasteiger partial charge is 0.225 e. The van der Waals surface area contributed by atoms with E-state index in [0.717, 1.165) is 32.2 Å². The Morgan fingerprint density at radius 1 is 1.33 bits per heavy atom. The minimum Gasteiger partial charge on any atom is -0.393 e. The highest BCUT2D eigenvalue weighted by atomic mass is 16.3. The lowest BCUT2D eigenvalue weighted by atomic mass is 9.82. The summed E-state index contributed by atoms with van der Waals surface area (Å²) in [6.07, 6.45) is 6.24. The van der Waals surface area contributed by atoms with Crippen LogP contribution < -0.4 is 0 Å². The molecule has 15 heavy (non-hydrogen) atoms. The number of hydrogen-bond donors (Lipinski definition) is 1. The highest BCUT2D eigenvalue weighted by Crippen LogP contribution is 2.30. The maximum absolute atomic E-state index is 12.0. The normalized spacial score (nSPS) is 31.3. The van der Waals surface area contributed by atoms with Gasteiger partial charge in [0.05, 0.1) is 6.10 Å². The Morgan fingerprint density at radius 3 is 2.47 bits per heavy atom. The van der Waals surface area contributed by atoms with Gasteiger partial charge in [0, 0.05) is 19.5 Å². The van der Waals surface area contributed by atoms with Crippen LogP contribution in [-0.4, -0.2) is 35.6 Å². The summed E-state index contributed by atoms with van der Waals surface area (Å²) in [6.45, 7) is 0.840. The average molecular weight is 211 g/mol. The van der Waals surface area contributed by atoms with Gasteiger partial charge in [0.15, 0.2) is 0 Å². The first-order chi connectivity index (χ1) is 7.16. The van der Waals surface area contributed by atoms with E-state index in [1.54, 1.807) is 0 Å². The summed E-state index contributed by atoms with van der Waals surface area (Å²) in [5, 5.41) is 9.18. The molecule has 2 aliphatic rings. The van der Waals surface area contributed by atoms with Gasteiger partial charge in [-0.1, -0.05) is 12.8 Å². The van der Waals surface area contributed by atoms with Gasteiger partial charge in [-0.05, 0) is 31.6 Å². The summed E-state index contributed by atoms with van der Waals surface area (Å²) in [7, 11) is 1.91. The molecular weight excluding hydrogens is 190 g/mol. The monoisotopic (exact) mass is 211 g/mol. The Bertz CT molecular complexity index is 230. The van der Waals surface area contributed by atoms with Crippen molar-refractivity contribution < 1.29 is 9.90 Å². The van der Waals surface area contributed by atoms with Gasteiger partial charge >= 0.3 is 0 Å². The van der Waals surface area contributed by atoms with E-state index >= 15 is 0 Å². The fraction of sp³-hybridized carbons (Fsp3) is 0.917. The second-order valence-electron chi connectivity index (χ2n) is 5.19. The van der Waals surface area contributed by atoms with Crippen molar-refractivity contribution >= 4 is 5.91 Å². The third-order valence-corrected chi connectivity index (χ3v) is 3.82. The zero-order valence-electron chi connectivity index (χ0n) is 9.48. The van der Waals surface area contributed by atoms with E-state index in [-0.39, 0.29) is 6.10 Å². The first-order valence-corrected chi connectivity index (χ1v) is 6.10. The lowest BCUT2D eigenvalue weighted by Crippen LogP contribution is -2.41. The van der Waals surface area contributed by atoms with Crippen molar-refractivity contribution in [2.24, 2.45) is 11.8 Å². The Morgan fingerprint density at radius 2 is 1.93 bits per heavy atom. The van der Waals surface area contributed by atoms with Gasteiger partial charge in [0.2, 0.25) is 5.91 Å². The minimum atomic E-state index is -0.106. The first-order valence-electron chi connectivity index (χ1n) is 6.10. The molecule has 3 nitrogen and oxygen atoms in total. The molecule has 1 amide bonds. The van der Waals surface area contributed by atoms with Gasteiger partial charge in [0.25, 0.3) is 0 Å². The lowest BCUT2D eigenvalue weighted by molar-refractivity contribution is -0.135. The number of aliphatic hydroxyl groups excluding tert-OH is 1. The Kier molecular flexibility index (Phi) is 3.29. The van der Waals surface area contributed by atoms with Gasteiger partial charge in [-0.3, -0.25) is 4.79 Å². The van der Waals surface area contributed by atoms with Crippen molar-refractivity contribution in [3.05, 3.63) is 0 Å². The van der Waals surface area contributed by atoms with E-state index in [1.165, 1.54) is 12.8 Å². The molecule has 0 atom stereocenters. The number of hydrogen-bond acceptors (Lipinski definition) is 2. The molecule has 0 heterocycles. The van der Waals surface area contributed by atoms with Crippen molar-refractivity contribution in [1.29, 1.82) is 0 Å². The molecule has 0 radical (unpaired) electrons. The van der Waals surface area contributed by atoms with E-state index < -0.39 is 0 Å². The Hall–Kier alpha value is -0.570. The van der Waals surface area contributed by atoms with Gasteiger partial charge in [-0.25, -0.2) is 0 Å². The number of amides is 1. The quantitative estimate of drug-likeness (QED) is 0.766. The van der Waals surface area contributed by atoms with Crippen molar-refractivity contribution in [3.63, 3.8) is 0 Å². The Balaban J connectivity index is 1.74. The predicted molar refractivity (Wildman–Crippen MR) is 58.3 cm³/mol. The second kappa shape index (κ2) is 4.52. The molecule has 3 heteroatoms. The van der Waals surface area contributed by atoms with Crippen LogP contribution in [0, 0.1) is 11.8 Å². The van der Waals surface area contributed by atoms with E-state index in [0.29, 0.717) is 17.7 Å². The fourth-order valence-corrected chi connectivity index (χ4v) is 2.81. The molecule has 0 aromatic carbocycles. The minimum absolute atomic E-state index is 0.106. The molecule has 1 N–H and O–H groups in total. The molecule has 2 saturated carbocycles. The van der Waals surface area contributed by atoms with Crippen LogP contribution in [-0.2, 0) is 4.79 Å². The molecule has 2 aliphatic carbocycles. The third kappa shape index (κ3) is 2.51. The molecule has 0 saturated heterocycles. The van der Waals surface area contributed by atoms with Gasteiger partial charge in [-0.2, -0.15) is 0 Å². The molecule has 0 unspecified atom stereocenters. The van der Waals surface area contributed by atoms with Crippen LogP contribution in [0.1, 0.15) is 38.5 Å². The van der Waals surface area contributed by atoms with Crippen LogP contribution in [0.2, 0.25) is 0 Å². The van der Waals surface area contributed by atoms with Crippen LogP contribution in [0.3, 0.4) is 0 Å². The van der Waals surface area contributed by atoms with E-state index in [2.05, 4.69) is 0 Å². The lowest BCUT2D eigenvalue weighted by Gasteiger charge is -2.35. The number of aliphatic hydroxyl groups is 1. The summed E-state index contributed by atoms with van der Waals surface area (Å²) < 4.78 is 0. The van der Waals surface area contributed by atoms with Crippen LogP contribution in [0.15, 0.2) is 0 Å². The van der Waals surface area contributed by atoms with Gasteiger partial charge in [0.1, 0.15) is 0 Å². The highest BCUT2D eigenvalue weighted by molar-refractivity contribution is 5.78. The van der Waals surface area contributed by atoms with Crippen LogP contribution in [0.5, 0.6) is 0 Å². The van der Waals surface area contributed by atoms with Gasteiger partial charge in [-0.15, -0.1) is 0 Å². The molecule has 2 fully saturated rings. The number of nitrogens with zero attached hydrogens (tertiary/aromatic N) is 1.